The molecule has 7 unspecified atom stereocenters. The summed E-state index contributed by atoms with van der Waals surface area (Å²) in [5, 5.41) is 38.4. The van der Waals surface area contributed by atoms with Gasteiger partial charge in [0.2, 0.25) is 17.7 Å². The zero-order valence-corrected chi connectivity index (χ0v) is 28.5. The predicted octanol–water partition coefficient (Wildman–Crippen LogP) is 0.523. The summed E-state index contributed by atoms with van der Waals surface area (Å²) in [7, 11) is 0. The van der Waals surface area contributed by atoms with Gasteiger partial charge in [0.25, 0.3) is 11.8 Å². The van der Waals surface area contributed by atoms with E-state index in [0.29, 0.717) is 11.3 Å². The van der Waals surface area contributed by atoms with Crippen LogP contribution in [0.15, 0.2) is 0 Å². The Morgan fingerprint density at radius 1 is 0.711 bits per heavy atom. The van der Waals surface area contributed by atoms with Crippen LogP contribution in [0.4, 0.5) is 0 Å². The van der Waals surface area contributed by atoms with Gasteiger partial charge in [0.05, 0.1) is 31.1 Å². The van der Waals surface area contributed by atoms with Crippen molar-refractivity contribution >= 4 is 35.5 Å². The van der Waals surface area contributed by atoms with E-state index in [0.717, 1.165) is 0 Å². The average molecular weight is 644 g/mol. The molecule has 7 atom stereocenters. The van der Waals surface area contributed by atoms with Gasteiger partial charge in [-0.25, -0.2) is 4.90 Å². The Morgan fingerprint density at radius 2 is 1.22 bits per heavy atom. The lowest BCUT2D eigenvalue weighted by Crippen LogP contribution is -2.61. The van der Waals surface area contributed by atoms with Gasteiger partial charge in [-0.2, -0.15) is 0 Å². The van der Waals surface area contributed by atoms with Gasteiger partial charge in [-0.3, -0.25) is 28.8 Å². The minimum atomic E-state index is -1.38. The normalized spacial score (nSPS) is 16.5. The number of hydrogen-bond donors (Lipinski definition) is 7. The van der Waals surface area contributed by atoms with Crippen molar-refractivity contribution < 1.29 is 44.1 Å². The van der Waals surface area contributed by atoms with Crippen molar-refractivity contribution in [1.29, 1.82) is 0 Å². The van der Waals surface area contributed by atoms with Gasteiger partial charge in [-0.1, -0.05) is 55.4 Å². The first kappa shape index (κ1) is 42.1. The molecular formula is C31H57N5O9. The van der Waals surface area contributed by atoms with E-state index in [1.54, 1.807) is 27.7 Å². The number of carbonyl (C=O) groups is 6. The molecule has 0 aliphatic heterocycles. The summed E-state index contributed by atoms with van der Waals surface area (Å²) in [6, 6.07) is -5.33. The molecule has 0 bridgehead atoms. The monoisotopic (exact) mass is 643 g/mol. The molecule has 0 aromatic heterocycles. The molecule has 0 spiro atoms. The quantitative estimate of drug-likeness (QED) is 0.103. The van der Waals surface area contributed by atoms with E-state index in [9.17, 15) is 44.1 Å². The lowest BCUT2D eigenvalue weighted by Gasteiger charge is -2.33. The number of aliphatic carboxylic acids is 1. The van der Waals surface area contributed by atoms with Gasteiger partial charge in [0, 0.05) is 19.0 Å². The van der Waals surface area contributed by atoms with Crippen molar-refractivity contribution in [2.75, 3.05) is 0 Å². The Labute approximate surface area is 267 Å². The van der Waals surface area contributed by atoms with Crippen molar-refractivity contribution in [3.63, 3.8) is 0 Å². The van der Waals surface area contributed by atoms with Crippen molar-refractivity contribution in [3.8, 4) is 0 Å². The fourth-order valence-corrected chi connectivity index (χ4v) is 4.88. The van der Waals surface area contributed by atoms with Gasteiger partial charge in [0.1, 0.15) is 12.1 Å². The molecule has 0 aliphatic rings. The number of aliphatic hydroxyl groups excluding tert-OH is 2. The highest BCUT2D eigenvalue weighted by Gasteiger charge is 2.41. The molecule has 0 saturated heterocycles. The molecule has 0 aromatic rings. The molecule has 5 amide bonds. The van der Waals surface area contributed by atoms with E-state index in [1.807, 2.05) is 27.7 Å². The number of nitrogens with two attached hydrogens (primary N) is 1. The summed E-state index contributed by atoms with van der Waals surface area (Å²) in [6.07, 6.45) is -3.36. The lowest BCUT2D eigenvalue weighted by atomic mass is 9.95. The number of imide groups is 3. The van der Waals surface area contributed by atoms with E-state index < -0.39 is 96.7 Å². The maximum absolute atomic E-state index is 14.0. The topological polar surface area (TPSA) is 228 Å². The molecule has 0 fully saturated rings. The number of carboxylic acids is 1. The number of hydrogen-bond acceptors (Lipinski definition) is 10. The van der Waals surface area contributed by atoms with Crippen LogP contribution in [0.5, 0.6) is 0 Å². The summed E-state index contributed by atoms with van der Waals surface area (Å²) in [5.41, 5.74) is 6.07. The van der Waals surface area contributed by atoms with Crippen LogP contribution in [-0.2, 0) is 28.8 Å². The van der Waals surface area contributed by atoms with E-state index in [-0.39, 0.29) is 24.2 Å². The maximum atomic E-state index is 14.0. The Balaban J connectivity index is 6.57. The first-order chi connectivity index (χ1) is 20.6. The van der Waals surface area contributed by atoms with Crippen LogP contribution in [-0.4, -0.2) is 98.1 Å². The Kier molecular flexibility index (Phi) is 18.3. The average Bonchev–Trinajstić information content (AvgIpc) is 2.87. The van der Waals surface area contributed by atoms with Crippen LogP contribution in [0.2, 0.25) is 0 Å². The van der Waals surface area contributed by atoms with Crippen molar-refractivity contribution in [3.05, 3.63) is 0 Å². The second kappa shape index (κ2) is 19.5. The summed E-state index contributed by atoms with van der Waals surface area (Å²) in [5.74, 6) is -6.39. The number of nitrogens with zero attached hydrogens (tertiary/aromatic N) is 1. The van der Waals surface area contributed by atoms with E-state index >= 15 is 0 Å². The zero-order valence-electron chi connectivity index (χ0n) is 28.5. The van der Waals surface area contributed by atoms with E-state index in [4.69, 9.17) is 5.73 Å². The first-order valence-corrected chi connectivity index (χ1v) is 15.7. The molecule has 0 saturated carbocycles. The number of aliphatic hydroxyl groups is 2. The summed E-state index contributed by atoms with van der Waals surface area (Å²) in [6.45, 7) is 16.7. The van der Waals surface area contributed by atoms with Gasteiger partial charge < -0.3 is 37.0 Å². The number of carbonyl (C=O) groups excluding carboxylic acids is 5. The fraction of sp³-hybridized carbons (Fsp3) is 0.806. The molecule has 8 N–H and O–H groups in total. The molecule has 14 nitrogen and oxygen atoms in total. The molecule has 0 aliphatic carbocycles. The number of nitrogens with one attached hydrogen (secondary N) is 3. The predicted molar refractivity (Wildman–Crippen MR) is 168 cm³/mol. The zero-order chi connectivity index (χ0) is 35.3. The highest BCUT2D eigenvalue weighted by molar-refractivity contribution is 6.14. The Bertz CT molecular complexity index is 1020. The smallest absolute Gasteiger partial charge is 0.306 e. The Hall–Kier alpha value is -2.94. The van der Waals surface area contributed by atoms with Crippen molar-refractivity contribution in [2.24, 2.45) is 29.4 Å². The summed E-state index contributed by atoms with van der Waals surface area (Å²) in [4.78, 5) is 78.1. The van der Waals surface area contributed by atoms with Gasteiger partial charge in [-0.05, 0) is 43.4 Å². The molecule has 0 radical (unpaired) electrons. The molecule has 0 aromatic carbocycles. The standard InChI is InChI=1S/C31H57N5O9/c1-15(2)11-21(32)23(38)13-25(40)36(30(44)19(9)33-22(12-16(3)4)24(39)14-26(41)42)31(45)28(18(7)8)35-29(43)27(17(5)6)34-20(10)37/h15-19,21-24,27-28,33,38-39H,11-14,32H2,1-10H3,(H,34,37)(H,35,43)(H,41,42). The number of amides is 5. The van der Waals surface area contributed by atoms with Crippen LogP contribution >= 0.6 is 0 Å². The van der Waals surface area contributed by atoms with E-state index in [1.165, 1.54) is 13.8 Å². The molecule has 0 rings (SSSR count). The van der Waals surface area contributed by atoms with E-state index in [2.05, 4.69) is 16.0 Å². The Morgan fingerprint density at radius 3 is 1.64 bits per heavy atom. The van der Waals surface area contributed by atoms with Crippen molar-refractivity contribution in [1.82, 2.24) is 20.9 Å². The first-order valence-electron chi connectivity index (χ1n) is 15.7. The third-order valence-electron chi connectivity index (χ3n) is 7.26. The number of rotatable bonds is 19. The lowest BCUT2D eigenvalue weighted by molar-refractivity contribution is -0.158. The summed E-state index contributed by atoms with van der Waals surface area (Å²) >= 11 is 0. The van der Waals surface area contributed by atoms with Crippen LogP contribution in [0, 0.1) is 23.7 Å². The molecule has 14 heteroatoms. The second-order valence-electron chi connectivity index (χ2n) is 13.4. The third-order valence-corrected chi connectivity index (χ3v) is 7.26. The second-order valence-corrected chi connectivity index (χ2v) is 13.4. The molecular weight excluding hydrogens is 586 g/mol. The van der Waals surface area contributed by atoms with Crippen LogP contribution in [0.3, 0.4) is 0 Å². The van der Waals surface area contributed by atoms with Crippen LogP contribution in [0.25, 0.3) is 0 Å². The number of carboxylic acid groups (broad SMARTS) is 1. The summed E-state index contributed by atoms with van der Waals surface area (Å²) < 4.78 is 0. The minimum Gasteiger partial charge on any atom is -0.481 e. The SMILES string of the molecule is CC(=O)NC(C(=O)NC(C(=O)N(C(=O)CC(O)C(N)CC(C)C)C(=O)C(C)NC(CC(C)C)C(O)CC(=O)O)C(C)C)C(C)C. The van der Waals surface area contributed by atoms with Crippen LogP contribution in [0.1, 0.15) is 94.9 Å². The maximum Gasteiger partial charge on any atom is 0.306 e. The van der Waals surface area contributed by atoms with Gasteiger partial charge >= 0.3 is 5.97 Å². The highest BCUT2D eigenvalue weighted by Crippen LogP contribution is 2.17. The highest BCUT2D eigenvalue weighted by atomic mass is 16.4. The molecule has 45 heavy (non-hydrogen) atoms. The largest absolute Gasteiger partial charge is 0.481 e. The van der Waals surface area contributed by atoms with Crippen LogP contribution < -0.4 is 21.7 Å². The third kappa shape index (κ3) is 14.8. The fourth-order valence-electron chi connectivity index (χ4n) is 4.88. The molecule has 260 valence electrons. The van der Waals surface area contributed by atoms with Crippen molar-refractivity contribution in [2.45, 2.75) is 137 Å². The van der Waals surface area contributed by atoms with Gasteiger partial charge in [0.15, 0.2) is 0 Å². The minimum absolute atomic E-state index is 0.0109. The van der Waals surface area contributed by atoms with Gasteiger partial charge in [-0.15, -0.1) is 0 Å². The molecule has 0 heterocycles.